The summed E-state index contributed by atoms with van der Waals surface area (Å²) in [7, 11) is 0. The molecule has 1 N–H and O–H groups in total. The van der Waals surface area contributed by atoms with Crippen molar-refractivity contribution in [2.45, 2.75) is 46.6 Å². The van der Waals surface area contributed by atoms with Crippen molar-refractivity contribution < 1.29 is 0 Å². The molecule has 1 nitrogen and oxygen atoms in total. The van der Waals surface area contributed by atoms with E-state index in [0.717, 1.165) is 19.4 Å². The van der Waals surface area contributed by atoms with Crippen LogP contribution in [0.3, 0.4) is 0 Å². The third kappa shape index (κ3) is 2.78. The zero-order chi connectivity index (χ0) is 12.4. The lowest BCUT2D eigenvalue weighted by atomic mass is 10.0. The first-order valence-corrected chi connectivity index (χ1v) is 6.60. The minimum atomic E-state index is 0.578. The monoisotopic (exact) mass is 229 g/mol. The van der Waals surface area contributed by atoms with Gasteiger partial charge in [0.25, 0.3) is 0 Å². The number of allylic oxidation sites excluding steroid dienone is 1. The molecule has 1 aliphatic carbocycles. The van der Waals surface area contributed by atoms with E-state index in [9.17, 15) is 0 Å². The minimum absolute atomic E-state index is 0.578. The molecule has 0 atom stereocenters. The first-order chi connectivity index (χ1) is 8.08. The number of hydrogen-bond acceptors (Lipinski definition) is 1. The van der Waals surface area contributed by atoms with Gasteiger partial charge in [-0.05, 0) is 49.9 Å². The number of benzene rings is 1. The predicted octanol–water partition coefficient (Wildman–Crippen LogP) is 3.71. The first-order valence-electron chi connectivity index (χ1n) is 6.60. The Labute approximate surface area is 105 Å². The van der Waals surface area contributed by atoms with E-state index in [1.54, 1.807) is 11.1 Å². The van der Waals surface area contributed by atoms with Crippen LogP contribution in [0, 0.1) is 6.92 Å². The molecule has 0 saturated carbocycles. The van der Waals surface area contributed by atoms with Crippen LogP contribution in [0.5, 0.6) is 0 Å². The van der Waals surface area contributed by atoms with Gasteiger partial charge in [-0.15, -0.1) is 0 Å². The van der Waals surface area contributed by atoms with Crippen molar-refractivity contribution in [3.8, 4) is 0 Å². The van der Waals surface area contributed by atoms with Gasteiger partial charge >= 0.3 is 0 Å². The second-order valence-electron chi connectivity index (χ2n) is 5.46. The van der Waals surface area contributed by atoms with Gasteiger partial charge in [0.05, 0.1) is 0 Å². The van der Waals surface area contributed by atoms with Crippen molar-refractivity contribution in [2.24, 2.45) is 0 Å². The van der Waals surface area contributed by atoms with Gasteiger partial charge in [-0.3, -0.25) is 0 Å². The molecule has 1 aromatic rings. The second-order valence-corrected chi connectivity index (χ2v) is 5.46. The van der Waals surface area contributed by atoms with Crippen molar-refractivity contribution in [1.29, 1.82) is 0 Å². The maximum absolute atomic E-state index is 3.50. The first kappa shape index (κ1) is 12.4. The quantitative estimate of drug-likeness (QED) is 0.830. The molecule has 92 valence electrons. The van der Waals surface area contributed by atoms with Crippen molar-refractivity contribution in [3.63, 3.8) is 0 Å². The van der Waals surface area contributed by atoms with Crippen LogP contribution in [0.2, 0.25) is 0 Å². The third-order valence-electron chi connectivity index (χ3n) is 3.49. The van der Waals surface area contributed by atoms with E-state index < -0.39 is 0 Å². The molecule has 0 fully saturated rings. The number of fused-ring (bicyclic) bond motifs is 1. The summed E-state index contributed by atoms with van der Waals surface area (Å²) >= 11 is 0. The fourth-order valence-electron chi connectivity index (χ4n) is 2.58. The molecule has 0 unspecified atom stereocenters. The molecule has 0 saturated heterocycles. The van der Waals surface area contributed by atoms with Crippen molar-refractivity contribution in [3.05, 3.63) is 40.5 Å². The Balaban J connectivity index is 2.13. The van der Waals surface area contributed by atoms with Gasteiger partial charge in [-0.25, -0.2) is 0 Å². The highest BCUT2D eigenvalue weighted by atomic mass is 14.9. The van der Waals surface area contributed by atoms with Crippen LogP contribution in [0.15, 0.2) is 23.8 Å². The number of nitrogens with one attached hydrogen (secondary N) is 1. The fourth-order valence-corrected chi connectivity index (χ4v) is 2.58. The minimum Gasteiger partial charge on any atom is -0.314 e. The Hall–Kier alpha value is -1.08. The Kier molecular flexibility index (Phi) is 3.68. The molecule has 2 rings (SSSR count). The highest BCUT2D eigenvalue weighted by molar-refractivity contribution is 5.76. The lowest BCUT2D eigenvalue weighted by Crippen LogP contribution is -2.23. The molecule has 0 aromatic heterocycles. The Bertz CT molecular complexity index is 441. The summed E-state index contributed by atoms with van der Waals surface area (Å²) < 4.78 is 0. The van der Waals surface area contributed by atoms with E-state index in [4.69, 9.17) is 0 Å². The molecular weight excluding hydrogens is 206 g/mol. The van der Waals surface area contributed by atoms with Gasteiger partial charge < -0.3 is 5.32 Å². The lowest BCUT2D eigenvalue weighted by Gasteiger charge is -2.11. The molecule has 0 radical (unpaired) electrons. The lowest BCUT2D eigenvalue weighted by molar-refractivity contribution is 0.597. The smallest absolute Gasteiger partial charge is 0.00105 e. The standard InChI is InChI=1S/C16H23N/c1-11(2)17-8-7-15-13(4)10-14-6-5-12(3)9-16(14)15/h5-6,9,11,17H,7-8,10H2,1-4H3. The zero-order valence-corrected chi connectivity index (χ0v) is 11.4. The summed E-state index contributed by atoms with van der Waals surface area (Å²) in [6.45, 7) is 9.94. The summed E-state index contributed by atoms with van der Waals surface area (Å²) in [5.41, 5.74) is 7.49. The van der Waals surface area contributed by atoms with E-state index in [-0.39, 0.29) is 0 Å². The molecule has 0 heterocycles. The summed E-state index contributed by atoms with van der Waals surface area (Å²) in [5, 5.41) is 3.50. The number of hydrogen-bond donors (Lipinski definition) is 1. The highest BCUT2D eigenvalue weighted by Crippen LogP contribution is 2.35. The summed E-state index contributed by atoms with van der Waals surface area (Å²) in [6.07, 6.45) is 2.30. The molecule has 1 aromatic carbocycles. The Morgan fingerprint density at radius 1 is 1.24 bits per heavy atom. The molecular formula is C16H23N. The summed E-state index contributed by atoms with van der Waals surface area (Å²) in [5.74, 6) is 0. The summed E-state index contributed by atoms with van der Waals surface area (Å²) in [6, 6.07) is 7.43. The van der Waals surface area contributed by atoms with Gasteiger partial charge in [0, 0.05) is 6.04 Å². The van der Waals surface area contributed by atoms with Gasteiger partial charge in [-0.1, -0.05) is 43.2 Å². The topological polar surface area (TPSA) is 12.0 Å². The molecule has 0 amide bonds. The molecule has 17 heavy (non-hydrogen) atoms. The SMILES string of the molecule is CC1=C(CCNC(C)C)c2cc(C)ccc2C1. The average molecular weight is 229 g/mol. The predicted molar refractivity (Wildman–Crippen MR) is 75.2 cm³/mol. The van der Waals surface area contributed by atoms with Crippen molar-refractivity contribution in [2.75, 3.05) is 6.54 Å². The van der Waals surface area contributed by atoms with Crippen molar-refractivity contribution in [1.82, 2.24) is 5.32 Å². The van der Waals surface area contributed by atoms with Gasteiger partial charge in [-0.2, -0.15) is 0 Å². The van der Waals surface area contributed by atoms with Crippen LogP contribution >= 0.6 is 0 Å². The third-order valence-corrected chi connectivity index (χ3v) is 3.49. The van der Waals surface area contributed by atoms with Crippen molar-refractivity contribution >= 4 is 5.57 Å². The molecule has 1 heteroatoms. The molecule has 1 aliphatic rings. The normalized spacial score (nSPS) is 14.6. The maximum Gasteiger partial charge on any atom is 0.00105 e. The van der Waals surface area contributed by atoms with Crippen LogP contribution in [0.1, 0.15) is 43.9 Å². The molecule has 0 spiro atoms. The van der Waals surface area contributed by atoms with Gasteiger partial charge in [0.2, 0.25) is 0 Å². The molecule has 0 aliphatic heterocycles. The average Bonchev–Trinajstić information content (AvgIpc) is 2.55. The second kappa shape index (κ2) is 5.05. The van der Waals surface area contributed by atoms with Crippen LogP contribution in [0.25, 0.3) is 5.57 Å². The van der Waals surface area contributed by atoms with Crippen LogP contribution in [0.4, 0.5) is 0 Å². The van der Waals surface area contributed by atoms with Gasteiger partial charge in [0.15, 0.2) is 0 Å². The molecule has 0 bridgehead atoms. The Morgan fingerprint density at radius 2 is 2.00 bits per heavy atom. The zero-order valence-electron chi connectivity index (χ0n) is 11.4. The summed E-state index contributed by atoms with van der Waals surface area (Å²) in [4.78, 5) is 0. The van der Waals surface area contributed by atoms with Crippen LogP contribution in [-0.2, 0) is 6.42 Å². The van der Waals surface area contributed by atoms with Crippen LogP contribution < -0.4 is 5.32 Å². The van der Waals surface area contributed by atoms with Crippen LogP contribution in [-0.4, -0.2) is 12.6 Å². The number of aryl methyl sites for hydroxylation is 1. The van der Waals surface area contributed by atoms with E-state index in [1.165, 1.54) is 16.7 Å². The largest absolute Gasteiger partial charge is 0.314 e. The van der Waals surface area contributed by atoms with E-state index in [1.807, 2.05) is 0 Å². The Morgan fingerprint density at radius 3 is 2.71 bits per heavy atom. The van der Waals surface area contributed by atoms with E-state index in [2.05, 4.69) is 51.2 Å². The highest BCUT2D eigenvalue weighted by Gasteiger charge is 2.18. The van der Waals surface area contributed by atoms with E-state index >= 15 is 0 Å². The van der Waals surface area contributed by atoms with Gasteiger partial charge in [0.1, 0.15) is 0 Å². The van der Waals surface area contributed by atoms with E-state index in [0.29, 0.717) is 6.04 Å². The maximum atomic E-state index is 3.50. The fraction of sp³-hybridized carbons (Fsp3) is 0.500. The number of rotatable bonds is 4.